The number of likely N-dealkylation sites (tertiary alicyclic amines) is 1. The molecule has 2 saturated heterocycles. The molecule has 0 saturated carbocycles. The average Bonchev–Trinajstić information content (AvgIpc) is 3.29. The zero-order valence-electron chi connectivity index (χ0n) is 16.0. The lowest BCUT2D eigenvalue weighted by atomic mass is 10.2. The lowest BCUT2D eigenvalue weighted by Gasteiger charge is -2.20. The monoisotopic (exact) mass is 512 g/mol. The van der Waals surface area contributed by atoms with E-state index in [-0.39, 0.29) is 30.0 Å². The molecular formula is C18H28F3IN6. The molecule has 2 fully saturated rings. The predicted octanol–water partition coefficient (Wildman–Crippen LogP) is 2.60. The Kier molecular flexibility index (Phi) is 8.59. The molecule has 1 unspecified atom stereocenters. The zero-order valence-corrected chi connectivity index (χ0v) is 18.3. The van der Waals surface area contributed by atoms with Crippen LogP contribution in [0.3, 0.4) is 0 Å². The van der Waals surface area contributed by atoms with Gasteiger partial charge in [0.05, 0.1) is 6.54 Å². The first-order valence-electron chi connectivity index (χ1n) is 9.39. The molecule has 0 bridgehead atoms. The van der Waals surface area contributed by atoms with Gasteiger partial charge in [0.25, 0.3) is 0 Å². The second-order valence-corrected chi connectivity index (χ2v) is 7.12. The summed E-state index contributed by atoms with van der Waals surface area (Å²) in [7, 11) is 1.67. The second kappa shape index (κ2) is 10.5. The highest BCUT2D eigenvalue weighted by Crippen LogP contribution is 2.20. The van der Waals surface area contributed by atoms with E-state index in [2.05, 4.69) is 31.6 Å². The van der Waals surface area contributed by atoms with E-state index < -0.39 is 12.7 Å². The summed E-state index contributed by atoms with van der Waals surface area (Å²) < 4.78 is 37.5. The van der Waals surface area contributed by atoms with Crippen LogP contribution in [0, 0.1) is 0 Å². The molecule has 0 spiro atoms. The van der Waals surface area contributed by atoms with Crippen LogP contribution in [-0.4, -0.2) is 67.8 Å². The Bertz CT molecular complexity index is 648. The van der Waals surface area contributed by atoms with Gasteiger partial charge in [-0.1, -0.05) is 0 Å². The first-order valence-corrected chi connectivity index (χ1v) is 9.39. The highest BCUT2D eigenvalue weighted by atomic mass is 127. The third kappa shape index (κ3) is 6.94. The molecule has 0 radical (unpaired) electrons. The summed E-state index contributed by atoms with van der Waals surface area (Å²) in [5.41, 5.74) is 1.10. The molecule has 1 aromatic rings. The minimum atomic E-state index is -4.15. The fourth-order valence-corrected chi connectivity index (χ4v) is 3.61. The van der Waals surface area contributed by atoms with Crippen molar-refractivity contribution in [1.29, 1.82) is 0 Å². The van der Waals surface area contributed by atoms with Crippen molar-refractivity contribution in [3.05, 3.63) is 23.9 Å². The van der Waals surface area contributed by atoms with Crippen LogP contribution in [0.25, 0.3) is 0 Å². The van der Waals surface area contributed by atoms with Crippen LogP contribution in [0.4, 0.5) is 19.0 Å². The van der Waals surface area contributed by atoms with Crippen LogP contribution in [-0.2, 0) is 6.54 Å². The van der Waals surface area contributed by atoms with Gasteiger partial charge >= 0.3 is 6.18 Å². The smallest absolute Gasteiger partial charge is 0.357 e. The summed E-state index contributed by atoms with van der Waals surface area (Å²) in [4.78, 5) is 12.3. The van der Waals surface area contributed by atoms with Gasteiger partial charge in [-0.15, -0.1) is 24.0 Å². The molecular weight excluding hydrogens is 484 g/mol. The number of rotatable bonds is 5. The number of hydrogen-bond donors (Lipinski definition) is 2. The first kappa shape index (κ1) is 23.0. The molecule has 6 nitrogen and oxygen atoms in total. The Balaban J connectivity index is 0.00000280. The quantitative estimate of drug-likeness (QED) is 0.361. The summed E-state index contributed by atoms with van der Waals surface area (Å²) in [5, 5.41) is 6.47. The molecule has 3 heterocycles. The highest BCUT2D eigenvalue weighted by Gasteiger charge is 2.34. The minimum Gasteiger partial charge on any atom is -0.357 e. The van der Waals surface area contributed by atoms with Crippen LogP contribution < -0.4 is 15.5 Å². The van der Waals surface area contributed by atoms with Crippen LogP contribution in [0.15, 0.2) is 23.3 Å². The van der Waals surface area contributed by atoms with Crippen molar-refractivity contribution < 1.29 is 13.2 Å². The number of pyridine rings is 1. The molecule has 2 aliphatic heterocycles. The maximum atomic E-state index is 12.5. The third-order valence-electron chi connectivity index (χ3n) is 4.94. The number of nitrogens with zero attached hydrogens (tertiary/aromatic N) is 4. The van der Waals surface area contributed by atoms with Crippen LogP contribution >= 0.6 is 24.0 Å². The summed E-state index contributed by atoms with van der Waals surface area (Å²) in [6.07, 6.45) is 0.738. The van der Waals surface area contributed by atoms with Gasteiger partial charge in [0, 0.05) is 52.0 Å². The molecule has 2 N–H and O–H groups in total. The molecule has 0 amide bonds. The van der Waals surface area contributed by atoms with Crippen molar-refractivity contribution in [3.63, 3.8) is 0 Å². The van der Waals surface area contributed by atoms with E-state index in [9.17, 15) is 13.2 Å². The van der Waals surface area contributed by atoms with E-state index in [0.29, 0.717) is 32.0 Å². The summed E-state index contributed by atoms with van der Waals surface area (Å²) >= 11 is 0. The second-order valence-electron chi connectivity index (χ2n) is 7.12. The standard InChI is InChI=1S/C18H27F3N6.HI/c1-22-17(25-15-5-9-26(12-15)13-18(19,20)21)24-11-14-4-6-23-16(10-14)27-7-2-3-8-27;/h4,6,10,15H,2-3,5,7-9,11-13H2,1H3,(H2,22,24,25);1H. The molecule has 10 heteroatoms. The lowest BCUT2D eigenvalue weighted by Crippen LogP contribution is -2.44. The Morgan fingerprint density at radius 2 is 2.04 bits per heavy atom. The number of nitrogens with one attached hydrogen (secondary N) is 2. The number of halogens is 4. The molecule has 1 atom stereocenters. The molecule has 0 aliphatic carbocycles. The van der Waals surface area contributed by atoms with Crippen LogP contribution in [0.1, 0.15) is 24.8 Å². The van der Waals surface area contributed by atoms with Gasteiger partial charge in [-0.05, 0) is 37.0 Å². The number of anilines is 1. The SMILES string of the molecule is CN=C(NCc1ccnc(N2CCCC2)c1)NC1CCN(CC(F)(F)F)C1.I. The summed E-state index contributed by atoms with van der Waals surface area (Å²) in [5.74, 6) is 1.60. The average molecular weight is 512 g/mol. The summed E-state index contributed by atoms with van der Waals surface area (Å²) in [6.45, 7) is 2.63. The molecule has 28 heavy (non-hydrogen) atoms. The molecule has 158 valence electrons. The van der Waals surface area contributed by atoms with Gasteiger partial charge in [0.15, 0.2) is 5.96 Å². The largest absolute Gasteiger partial charge is 0.401 e. The van der Waals surface area contributed by atoms with Crippen molar-refractivity contribution in [2.24, 2.45) is 4.99 Å². The zero-order chi connectivity index (χ0) is 19.3. The highest BCUT2D eigenvalue weighted by molar-refractivity contribution is 14.0. The van der Waals surface area contributed by atoms with Crippen molar-refractivity contribution in [1.82, 2.24) is 20.5 Å². The Morgan fingerprint density at radius 3 is 2.71 bits per heavy atom. The topological polar surface area (TPSA) is 55.8 Å². The number of hydrogen-bond acceptors (Lipinski definition) is 4. The molecule has 0 aromatic carbocycles. The van der Waals surface area contributed by atoms with Crippen LogP contribution in [0.2, 0.25) is 0 Å². The van der Waals surface area contributed by atoms with Gasteiger partial charge in [0.1, 0.15) is 5.82 Å². The van der Waals surface area contributed by atoms with Gasteiger partial charge in [-0.25, -0.2) is 4.98 Å². The van der Waals surface area contributed by atoms with E-state index in [1.807, 2.05) is 12.3 Å². The molecule has 2 aliphatic rings. The Labute approximate surface area is 181 Å². The number of alkyl halides is 3. The summed E-state index contributed by atoms with van der Waals surface area (Å²) in [6, 6.07) is 4.00. The normalized spacial score (nSPS) is 20.9. The molecule has 3 rings (SSSR count). The van der Waals surface area contributed by atoms with Crippen LogP contribution in [0.5, 0.6) is 0 Å². The Hall–Kier alpha value is -1.30. The van der Waals surface area contributed by atoms with Crippen molar-refractivity contribution in [3.8, 4) is 0 Å². The number of aromatic nitrogens is 1. The first-order chi connectivity index (χ1) is 12.9. The van der Waals surface area contributed by atoms with E-state index >= 15 is 0 Å². The lowest BCUT2D eigenvalue weighted by molar-refractivity contribution is -0.143. The van der Waals surface area contributed by atoms with E-state index in [1.165, 1.54) is 17.7 Å². The Morgan fingerprint density at radius 1 is 1.29 bits per heavy atom. The number of guanidine groups is 1. The minimum absolute atomic E-state index is 0. The van der Waals surface area contributed by atoms with Gasteiger partial charge in [-0.3, -0.25) is 9.89 Å². The van der Waals surface area contributed by atoms with Gasteiger partial charge < -0.3 is 15.5 Å². The predicted molar refractivity (Wildman–Crippen MR) is 115 cm³/mol. The van der Waals surface area contributed by atoms with Crippen molar-refractivity contribution in [2.45, 2.75) is 38.0 Å². The number of aliphatic imine (C=N–C) groups is 1. The maximum Gasteiger partial charge on any atom is 0.401 e. The fourth-order valence-electron chi connectivity index (χ4n) is 3.61. The van der Waals surface area contributed by atoms with Gasteiger partial charge in [-0.2, -0.15) is 13.2 Å². The van der Waals surface area contributed by atoms with E-state index in [1.54, 1.807) is 7.05 Å². The van der Waals surface area contributed by atoms with E-state index in [4.69, 9.17) is 0 Å². The van der Waals surface area contributed by atoms with Gasteiger partial charge in [0.2, 0.25) is 0 Å². The molecule has 1 aromatic heterocycles. The van der Waals surface area contributed by atoms with Crippen molar-refractivity contribution >= 4 is 35.8 Å². The fraction of sp³-hybridized carbons (Fsp3) is 0.667. The van der Waals surface area contributed by atoms with Crippen molar-refractivity contribution in [2.75, 3.05) is 44.7 Å². The maximum absolute atomic E-state index is 12.5. The van der Waals surface area contributed by atoms with E-state index in [0.717, 1.165) is 24.5 Å². The third-order valence-corrected chi connectivity index (χ3v) is 4.94.